The predicted octanol–water partition coefficient (Wildman–Crippen LogP) is 3.85. The van der Waals surface area contributed by atoms with Crippen LogP contribution in [0.25, 0.3) is 11.0 Å². The van der Waals surface area contributed by atoms with Crippen LogP contribution in [0, 0.1) is 0 Å². The van der Waals surface area contributed by atoms with Crippen molar-refractivity contribution < 1.29 is 4.74 Å². The van der Waals surface area contributed by atoms with Crippen LogP contribution in [0.5, 0.6) is 5.75 Å². The number of thiazole rings is 1. The number of halogens is 1. The summed E-state index contributed by atoms with van der Waals surface area (Å²) < 4.78 is 7.43. The topological polar surface area (TPSA) is 39.9 Å². The van der Waals surface area contributed by atoms with Gasteiger partial charge in [0, 0.05) is 17.6 Å². The summed E-state index contributed by atoms with van der Waals surface area (Å²) in [4.78, 5) is 8.98. The minimum atomic E-state index is 0.0980. The number of ether oxygens (including phenoxy) is 1. The molecule has 2 heterocycles. The van der Waals surface area contributed by atoms with Crippen molar-refractivity contribution in [3.05, 3.63) is 40.6 Å². The van der Waals surface area contributed by atoms with E-state index in [1.807, 2.05) is 29.8 Å². The number of hydrogen-bond donors (Lipinski definition) is 0. The van der Waals surface area contributed by atoms with Crippen LogP contribution in [0.3, 0.4) is 0 Å². The smallest absolute Gasteiger partial charge is 0.125 e. The van der Waals surface area contributed by atoms with Gasteiger partial charge < -0.3 is 9.30 Å². The number of fused-ring (bicyclic) bond motifs is 1. The van der Waals surface area contributed by atoms with Crippen molar-refractivity contribution in [1.29, 1.82) is 0 Å². The fourth-order valence-corrected chi connectivity index (χ4v) is 3.20. The molecule has 3 aromatic rings. The van der Waals surface area contributed by atoms with Crippen LogP contribution >= 0.6 is 22.9 Å². The van der Waals surface area contributed by atoms with Crippen molar-refractivity contribution in [3.8, 4) is 5.75 Å². The fourth-order valence-electron chi connectivity index (χ4n) is 2.33. The van der Waals surface area contributed by atoms with Crippen LogP contribution in [-0.2, 0) is 5.88 Å². The summed E-state index contributed by atoms with van der Waals surface area (Å²) in [5.74, 6) is 2.02. The van der Waals surface area contributed by atoms with Gasteiger partial charge in [0.05, 0.1) is 30.1 Å². The molecule has 20 heavy (non-hydrogen) atoms. The van der Waals surface area contributed by atoms with Gasteiger partial charge in [0.1, 0.15) is 16.6 Å². The lowest BCUT2D eigenvalue weighted by atomic mass is 10.2. The van der Waals surface area contributed by atoms with Gasteiger partial charge in [-0.2, -0.15) is 0 Å². The zero-order valence-electron chi connectivity index (χ0n) is 11.2. The summed E-state index contributed by atoms with van der Waals surface area (Å²) in [6.45, 7) is 2.11. The molecule has 0 aliphatic rings. The summed E-state index contributed by atoms with van der Waals surface area (Å²) in [6.07, 6.45) is 1.82. The van der Waals surface area contributed by atoms with Gasteiger partial charge >= 0.3 is 0 Å². The minimum absolute atomic E-state index is 0.0980. The van der Waals surface area contributed by atoms with Crippen LogP contribution in [0.4, 0.5) is 0 Å². The van der Waals surface area contributed by atoms with Crippen LogP contribution in [-0.4, -0.2) is 21.6 Å². The highest BCUT2D eigenvalue weighted by molar-refractivity contribution is 7.09. The number of nitrogens with zero attached hydrogens (tertiary/aromatic N) is 3. The molecule has 6 heteroatoms. The molecule has 1 atom stereocenters. The first kappa shape index (κ1) is 13.4. The molecule has 0 bridgehead atoms. The van der Waals surface area contributed by atoms with Gasteiger partial charge in [-0.25, -0.2) is 9.97 Å². The molecule has 0 aliphatic carbocycles. The van der Waals surface area contributed by atoms with Gasteiger partial charge in [-0.15, -0.1) is 22.9 Å². The number of aromatic nitrogens is 3. The fraction of sp³-hybridized carbons (Fsp3) is 0.286. The van der Waals surface area contributed by atoms with Gasteiger partial charge in [-0.3, -0.25) is 0 Å². The molecule has 0 N–H and O–H groups in total. The first-order valence-electron chi connectivity index (χ1n) is 6.24. The Bertz CT molecular complexity index is 723. The zero-order valence-corrected chi connectivity index (χ0v) is 12.8. The monoisotopic (exact) mass is 307 g/mol. The van der Waals surface area contributed by atoms with Crippen LogP contribution < -0.4 is 4.74 Å². The summed E-state index contributed by atoms with van der Waals surface area (Å²) in [7, 11) is 1.66. The van der Waals surface area contributed by atoms with Crippen molar-refractivity contribution >= 4 is 34.0 Å². The number of methoxy groups -OCH3 is 1. The minimum Gasteiger partial charge on any atom is -0.497 e. The van der Waals surface area contributed by atoms with Crippen molar-refractivity contribution in [2.75, 3.05) is 7.11 Å². The molecule has 0 saturated carbocycles. The van der Waals surface area contributed by atoms with E-state index in [0.29, 0.717) is 5.88 Å². The van der Waals surface area contributed by atoms with E-state index in [1.165, 1.54) is 0 Å². The van der Waals surface area contributed by atoms with E-state index < -0.39 is 0 Å². The van der Waals surface area contributed by atoms with E-state index >= 15 is 0 Å². The molecule has 0 saturated heterocycles. The summed E-state index contributed by atoms with van der Waals surface area (Å²) in [5.41, 5.74) is 1.94. The number of rotatable bonds is 4. The molecule has 0 fully saturated rings. The number of hydrogen-bond acceptors (Lipinski definition) is 4. The van der Waals surface area contributed by atoms with Gasteiger partial charge in [-0.1, -0.05) is 0 Å². The molecule has 104 valence electrons. The molecule has 2 aromatic heterocycles. The molecule has 3 rings (SSSR count). The first-order chi connectivity index (χ1) is 9.74. The van der Waals surface area contributed by atoms with Gasteiger partial charge in [-0.05, 0) is 19.1 Å². The second-order valence-electron chi connectivity index (χ2n) is 4.43. The molecule has 4 nitrogen and oxygen atoms in total. The largest absolute Gasteiger partial charge is 0.497 e. The lowest BCUT2D eigenvalue weighted by molar-refractivity contribution is 0.415. The maximum atomic E-state index is 6.05. The van der Waals surface area contributed by atoms with E-state index in [9.17, 15) is 0 Å². The standard InChI is InChI=1S/C14H14ClN3OS/c1-9(14-16-5-6-20-14)18-12-7-10(19-2)3-4-11(12)17-13(18)8-15/h3-7,9H,8H2,1-2H3. The number of alkyl halides is 1. The third-order valence-corrected chi connectivity index (χ3v) is 4.47. The van der Waals surface area contributed by atoms with Gasteiger partial charge in [0.25, 0.3) is 0 Å². The Morgan fingerprint density at radius 1 is 1.45 bits per heavy atom. The van der Waals surface area contributed by atoms with E-state index in [-0.39, 0.29) is 6.04 Å². The zero-order chi connectivity index (χ0) is 14.1. The van der Waals surface area contributed by atoms with Crippen LogP contribution in [0.2, 0.25) is 0 Å². The van der Waals surface area contributed by atoms with Gasteiger partial charge in [0.15, 0.2) is 0 Å². The molecule has 0 spiro atoms. The number of imidazole rings is 1. The highest BCUT2D eigenvalue weighted by Gasteiger charge is 2.18. The van der Waals surface area contributed by atoms with Crippen LogP contribution in [0.15, 0.2) is 29.8 Å². The average Bonchev–Trinajstić information content (AvgIpc) is 3.12. The lowest BCUT2D eigenvalue weighted by Gasteiger charge is -2.14. The first-order valence-corrected chi connectivity index (χ1v) is 7.66. The second kappa shape index (κ2) is 5.42. The molecule has 0 amide bonds. The lowest BCUT2D eigenvalue weighted by Crippen LogP contribution is -2.09. The molecule has 1 unspecified atom stereocenters. The van der Waals surface area contributed by atoms with E-state index in [4.69, 9.17) is 16.3 Å². The van der Waals surface area contributed by atoms with Crippen molar-refractivity contribution in [3.63, 3.8) is 0 Å². The highest BCUT2D eigenvalue weighted by Crippen LogP contribution is 2.29. The van der Waals surface area contributed by atoms with Gasteiger partial charge in [0.2, 0.25) is 0 Å². The molecule has 0 radical (unpaired) electrons. The number of benzene rings is 1. The molecular weight excluding hydrogens is 294 g/mol. The Morgan fingerprint density at radius 3 is 2.95 bits per heavy atom. The maximum Gasteiger partial charge on any atom is 0.125 e. The summed E-state index contributed by atoms with van der Waals surface area (Å²) >= 11 is 7.68. The van der Waals surface area contributed by atoms with Crippen LogP contribution in [0.1, 0.15) is 23.8 Å². The van der Waals surface area contributed by atoms with Crippen molar-refractivity contribution in [2.24, 2.45) is 0 Å². The molecule has 1 aromatic carbocycles. The Labute approximate surface area is 126 Å². The SMILES string of the molecule is COc1ccc2nc(CCl)n(C(C)c3nccs3)c2c1. The van der Waals surface area contributed by atoms with E-state index in [0.717, 1.165) is 27.6 Å². The second-order valence-corrected chi connectivity index (χ2v) is 5.63. The van der Waals surface area contributed by atoms with E-state index in [1.54, 1.807) is 18.4 Å². The summed E-state index contributed by atoms with van der Waals surface area (Å²) in [5, 5.41) is 3.02. The Kier molecular flexibility index (Phi) is 3.63. The molecule has 0 aliphatic heterocycles. The Hall–Kier alpha value is -1.59. The Balaban J connectivity index is 2.20. The maximum absolute atomic E-state index is 6.05. The van der Waals surface area contributed by atoms with Crippen molar-refractivity contribution in [2.45, 2.75) is 18.8 Å². The summed E-state index contributed by atoms with van der Waals surface area (Å²) in [6, 6.07) is 5.95. The third kappa shape index (κ3) is 2.17. The average molecular weight is 308 g/mol. The van der Waals surface area contributed by atoms with Crippen molar-refractivity contribution in [1.82, 2.24) is 14.5 Å². The predicted molar refractivity (Wildman–Crippen MR) is 81.8 cm³/mol. The molecular formula is C14H14ClN3OS. The third-order valence-electron chi connectivity index (χ3n) is 3.29. The highest BCUT2D eigenvalue weighted by atomic mass is 35.5. The Morgan fingerprint density at radius 2 is 2.30 bits per heavy atom. The quantitative estimate of drug-likeness (QED) is 0.687. The normalized spacial score (nSPS) is 12.8. The van der Waals surface area contributed by atoms with E-state index in [2.05, 4.69) is 21.5 Å².